The Bertz CT molecular complexity index is 980. The summed E-state index contributed by atoms with van der Waals surface area (Å²) in [6.45, 7) is 8.15. The van der Waals surface area contributed by atoms with Gasteiger partial charge in [-0.3, -0.25) is 9.69 Å². The summed E-state index contributed by atoms with van der Waals surface area (Å²) in [5, 5.41) is 0.770. The SMILES string of the molecule is CCOc1ccc(CC(=O)N(CCN(C)C)c2nc3c(C)cc(C)cc3s2)cc1. The first kappa shape index (κ1) is 21.3. The van der Waals surface area contributed by atoms with Crippen LogP contribution in [-0.4, -0.2) is 49.6 Å². The van der Waals surface area contributed by atoms with E-state index < -0.39 is 0 Å². The maximum atomic E-state index is 13.2. The fraction of sp³-hybridized carbons (Fsp3) is 0.391. The Labute approximate surface area is 176 Å². The maximum Gasteiger partial charge on any atom is 0.233 e. The standard InChI is InChI=1S/C23H29N3O2S/c1-6-28-19-9-7-18(8-10-19)15-21(27)26(12-11-25(4)5)23-24-22-17(3)13-16(2)14-20(22)29-23/h7-10,13-14H,6,11-12,15H2,1-5H3. The molecule has 0 aliphatic rings. The van der Waals surface area contributed by atoms with Crippen molar-refractivity contribution in [3.8, 4) is 5.75 Å². The van der Waals surface area contributed by atoms with Gasteiger partial charge < -0.3 is 9.64 Å². The molecule has 6 heteroatoms. The van der Waals surface area contributed by atoms with Crippen molar-refractivity contribution in [1.82, 2.24) is 9.88 Å². The summed E-state index contributed by atoms with van der Waals surface area (Å²) in [7, 11) is 4.03. The molecule has 0 bridgehead atoms. The molecule has 0 aliphatic carbocycles. The molecule has 5 nitrogen and oxygen atoms in total. The van der Waals surface area contributed by atoms with E-state index in [1.807, 2.05) is 50.2 Å². The Morgan fingerprint density at radius 2 is 1.83 bits per heavy atom. The molecule has 29 heavy (non-hydrogen) atoms. The second kappa shape index (κ2) is 9.37. The average Bonchev–Trinajstić information content (AvgIpc) is 3.07. The monoisotopic (exact) mass is 411 g/mol. The van der Waals surface area contributed by atoms with Gasteiger partial charge >= 0.3 is 0 Å². The first-order chi connectivity index (χ1) is 13.9. The predicted octanol–water partition coefficient (Wildman–Crippen LogP) is 4.45. The number of benzene rings is 2. The minimum atomic E-state index is 0.0597. The number of anilines is 1. The van der Waals surface area contributed by atoms with Gasteiger partial charge in [-0.25, -0.2) is 4.98 Å². The van der Waals surface area contributed by atoms with Crippen molar-refractivity contribution in [2.75, 3.05) is 38.7 Å². The third-order valence-corrected chi connectivity index (χ3v) is 5.74. The lowest BCUT2D eigenvalue weighted by Crippen LogP contribution is -2.37. The summed E-state index contributed by atoms with van der Waals surface area (Å²) in [5.41, 5.74) is 4.32. The van der Waals surface area contributed by atoms with E-state index in [0.717, 1.165) is 38.8 Å². The topological polar surface area (TPSA) is 45.7 Å². The molecule has 3 aromatic rings. The molecule has 0 radical (unpaired) electrons. The van der Waals surface area contributed by atoms with Gasteiger partial charge in [-0.15, -0.1) is 0 Å². The maximum absolute atomic E-state index is 13.2. The van der Waals surface area contributed by atoms with E-state index in [1.165, 1.54) is 5.56 Å². The minimum Gasteiger partial charge on any atom is -0.494 e. The van der Waals surface area contributed by atoms with Gasteiger partial charge in [-0.05, 0) is 69.8 Å². The zero-order chi connectivity index (χ0) is 21.0. The molecule has 2 aromatic carbocycles. The van der Waals surface area contributed by atoms with Gasteiger partial charge in [0.1, 0.15) is 5.75 Å². The first-order valence-corrected chi connectivity index (χ1v) is 10.7. The largest absolute Gasteiger partial charge is 0.494 e. The zero-order valence-corrected chi connectivity index (χ0v) is 18.7. The van der Waals surface area contributed by atoms with Crippen LogP contribution in [0.3, 0.4) is 0 Å². The van der Waals surface area contributed by atoms with Crippen molar-refractivity contribution < 1.29 is 9.53 Å². The molecule has 3 rings (SSSR count). The van der Waals surface area contributed by atoms with E-state index in [4.69, 9.17) is 9.72 Å². The van der Waals surface area contributed by atoms with Crippen molar-refractivity contribution in [3.63, 3.8) is 0 Å². The summed E-state index contributed by atoms with van der Waals surface area (Å²) in [4.78, 5) is 21.9. The Kier molecular flexibility index (Phi) is 6.87. The average molecular weight is 412 g/mol. The summed E-state index contributed by atoms with van der Waals surface area (Å²) in [6, 6.07) is 12.0. The van der Waals surface area contributed by atoms with Crippen molar-refractivity contribution in [2.24, 2.45) is 0 Å². The van der Waals surface area contributed by atoms with Crippen LogP contribution in [0, 0.1) is 13.8 Å². The van der Waals surface area contributed by atoms with Gasteiger partial charge in [0.05, 0.1) is 23.2 Å². The smallest absolute Gasteiger partial charge is 0.233 e. The number of fused-ring (bicyclic) bond motifs is 1. The number of thiazole rings is 1. The zero-order valence-electron chi connectivity index (χ0n) is 17.9. The van der Waals surface area contributed by atoms with E-state index in [-0.39, 0.29) is 5.91 Å². The minimum absolute atomic E-state index is 0.0597. The van der Waals surface area contributed by atoms with Gasteiger partial charge in [-0.2, -0.15) is 0 Å². The number of aryl methyl sites for hydroxylation is 2. The quantitative estimate of drug-likeness (QED) is 0.549. The van der Waals surface area contributed by atoms with Crippen LogP contribution in [0.15, 0.2) is 36.4 Å². The number of ether oxygens (including phenoxy) is 1. The first-order valence-electron chi connectivity index (χ1n) is 9.92. The predicted molar refractivity (Wildman–Crippen MR) is 121 cm³/mol. The number of hydrogen-bond donors (Lipinski definition) is 0. The Morgan fingerprint density at radius 3 is 2.48 bits per heavy atom. The van der Waals surface area contributed by atoms with Gasteiger partial charge in [-0.1, -0.05) is 29.5 Å². The molecule has 1 aromatic heterocycles. The third-order valence-electron chi connectivity index (χ3n) is 4.71. The van der Waals surface area contributed by atoms with Gasteiger partial charge in [0.2, 0.25) is 5.91 Å². The number of rotatable bonds is 8. The molecule has 1 amide bonds. The summed E-state index contributed by atoms with van der Waals surface area (Å²) in [6.07, 6.45) is 0.341. The van der Waals surface area contributed by atoms with Crippen molar-refractivity contribution >= 4 is 32.6 Å². The number of amides is 1. The lowest BCUT2D eigenvalue weighted by atomic mass is 10.1. The van der Waals surface area contributed by atoms with Crippen LogP contribution in [0.5, 0.6) is 5.75 Å². The van der Waals surface area contributed by atoms with E-state index in [1.54, 1.807) is 11.3 Å². The van der Waals surface area contributed by atoms with Gasteiger partial charge in [0, 0.05) is 13.1 Å². The molecule has 0 saturated heterocycles. The van der Waals surface area contributed by atoms with Crippen LogP contribution in [0.4, 0.5) is 5.13 Å². The number of carbonyl (C=O) groups is 1. The number of nitrogens with zero attached hydrogens (tertiary/aromatic N) is 3. The van der Waals surface area contributed by atoms with E-state index in [2.05, 4.69) is 30.9 Å². The molecule has 0 saturated carbocycles. The number of hydrogen-bond acceptors (Lipinski definition) is 5. The van der Waals surface area contributed by atoms with Crippen LogP contribution in [0.25, 0.3) is 10.2 Å². The summed E-state index contributed by atoms with van der Waals surface area (Å²) in [5.74, 6) is 0.884. The molecule has 0 spiro atoms. The van der Waals surface area contributed by atoms with Crippen LogP contribution in [0.1, 0.15) is 23.6 Å². The summed E-state index contributed by atoms with van der Waals surface area (Å²) < 4.78 is 6.62. The Morgan fingerprint density at radius 1 is 1.10 bits per heavy atom. The number of likely N-dealkylation sites (N-methyl/N-ethyl adjacent to an activating group) is 1. The van der Waals surface area contributed by atoms with Crippen LogP contribution >= 0.6 is 11.3 Å². The van der Waals surface area contributed by atoms with Crippen LogP contribution in [-0.2, 0) is 11.2 Å². The van der Waals surface area contributed by atoms with Crippen molar-refractivity contribution in [1.29, 1.82) is 0 Å². The highest BCUT2D eigenvalue weighted by Crippen LogP contribution is 2.32. The van der Waals surface area contributed by atoms with Gasteiger partial charge in [0.25, 0.3) is 0 Å². The molecule has 0 unspecified atom stereocenters. The lowest BCUT2D eigenvalue weighted by Gasteiger charge is -2.22. The molecular weight excluding hydrogens is 382 g/mol. The fourth-order valence-electron chi connectivity index (χ4n) is 3.24. The second-order valence-corrected chi connectivity index (χ2v) is 8.54. The highest BCUT2D eigenvalue weighted by molar-refractivity contribution is 7.22. The highest BCUT2D eigenvalue weighted by atomic mass is 32.1. The molecule has 154 valence electrons. The van der Waals surface area contributed by atoms with Crippen molar-refractivity contribution in [2.45, 2.75) is 27.2 Å². The summed E-state index contributed by atoms with van der Waals surface area (Å²) >= 11 is 1.59. The number of aromatic nitrogens is 1. The normalized spacial score (nSPS) is 11.2. The molecule has 0 N–H and O–H groups in total. The van der Waals surface area contributed by atoms with Crippen LogP contribution < -0.4 is 9.64 Å². The van der Waals surface area contributed by atoms with Crippen molar-refractivity contribution in [3.05, 3.63) is 53.1 Å². The van der Waals surface area contributed by atoms with E-state index in [9.17, 15) is 4.79 Å². The molecule has 0 fully saturated rings. The molecule has 0 atom stereocenters. The highest BCUT2D eigenvalue weighted by Gasteiger charge is 2.21. The van der Waals surface area contributed by atoms with Gasteiger partial charge in [0.15, 0.2) is 5.13 Å². The number of carbonyl (C=O) groups excluding carboxylic acids is 1. The Hall–Kier alpha value is -2.44. The molecule has 1 heterocycles. The third kappa shape index (κ3) is 5.34. The van der Waals surface area contributed by atoms with E-state index >= 15 is 0 Å². The van der Waals surface area contributed by atoms with E-state index in [0.29, 0.717) is 19.6 Å². The molecule has 0 aliphatic heterocycles. The lowest BCUT2D eigenvalue weighted by molar-refractivity contribution is -0.118. The van der Waals surface area contributed by atoms with Crippen LogP contribution in [0.2, 0.25) is 0 Å². The fourth-order valence-corrected chi connectivity index (χ4v) is 4.43. The second-order valence-electron chi connectivity index (χ2n) is 7.53. The molecular formula is C23H29N3O2S. The Balaban J connectivity index is 1.86.